The van der Waals surface area contributed by atoms with Crippen LogP contribution in [0.15, 0.2) is 100 Å². The lowest BCUT2D eigenvalue weighted by Crippen LogP contribution is -2.32. The second kappa shape index (κ2) is 7.92. The van der Waals surface area contributed by atoms with Gasteiger partial charge in [-0.2, -0.15) is 0 Å². The molecule has 28 heavy (non-hydrogen) atoms. The van der Waals surface area contributed by atoms with Crippen LogP contribution in [0.1, 0.15) is 0 Å². The average Bonchev–Trinajstić information content (AvgIpc) is 2.94. The zero-order valence-electron chi connectivity index (χ0n) is 14.6. The molecule has 3 aromatic carbocycles. The van der Waals surface area contributed by atoms with E-state index in [0.29, 0.717) is 15.6 Å². The first-order valence-electron chi connectivity index (χ1n) is 8.58. The van der Waals surface area contributed by atoms with E-state index >= 15 is 0 Å². The van der Waals surface area contributed by atoms with Crippen LogP contribution in [-0.2, 0) is 9.59 Å². The Morgan fingerprint density at radius 3 is 2.04 bits per heavy atom. The van der Waals surface area contributed by atoms with Gasteiger partial charge in [0, 0.05) is 10.6 Å². The predicted octanol–water partition coefficient (Wildman–Crippen LogP) is 5.33. The number of nitrogens with zero attached hydrogens (tertiary/aromatic N) is 1. The van der Waals surface area contributed by atoms with Crippen molar-refractivity contribution in [3.05, 3.63) is 101 Å². The Morgan fingerprint density at radius 2 is 1.36 bits per heavy atom. The van der Waals surface area contributed by atoms with Gasteiger partial charge in [0.25, 0.3) is 11.8 Å². The van der Waals surface area contributed by atoms with Gasteiger partial charge in [-0.1, -0.05) is 71.9 Å². The van der Waals surface area contributed by atoms with Crippen LogP contribution < -0.4 is 10.2 Å². The highest BCUT2D eigenvalue weighted by Gasteiger charge is 2.40. The minimum atomic E-state index is -0.430. The molecule has 3 aromatic rings. The molecule has 4 rings (SSSR count). The van der Waals surface area contributed by atoms with Crippen LogP contribution >= 0.6 is 23.4 Å². The summed E-state index contributed by atoms with van der Waals surface area (Å²) in [5.74, 6) is -0.828. The van der Waals surface area contributed by atoms with E-state index < -0.39 is 11.8 Å². The predicted molar refractivity (Wildman–Crippen MR) is 113 cm³/mol. The molecule has 0 atom stereocenters. The van der Waals surface area contributed by atoms with Crippen molar-refractivity contribution < 1.29 is 9.59 Å². The summed E-state index contributed by atoms with van der Waals surface area (Å²) in [5.41, 5.74) is 1.34. The molecule has 138 valence electrons. The number of nitrogens with one attached hydrogen (secondary N) is 1. The maximum Gasteiger partial charge on any atom is 0.283 e. The van der Waals surface area contributed by atoms with Crippen LogP contribution in [0, 0.1) is 0 Å². The number of hydrogen-bond acceptors (Lipinski definition) is 4. The fourth-order valence-corrected chi connectivity index (χ4v) is 4.01. The van der Waals surface area contributed by atoms with Gasteiger partial charge in [-0.3, -0.25) is 9.59 Å². The Bertz CT molecular complexity index is 1000. The van der Waals surface area contributed by atoms with E-state index in [1.165, 1.54) is 11.8 Å². The molecule has 1 aliphatic heterocycles. The van der Waals surface area contributed by atoms with Crippen molar-refractivity contribution >= 4 is 46.6 Å². The Balaban J connectivity index is 1.76. The summed E-state index contributed by atoms with van der Waals surface area (Å²) in [6.07, 6.45) is 0. The molecule has 0 unspecified atom stereocenters. The molecule has 6 heteroatoms. The van der Waals surface area contributed by atoms with Crippen molar-refractivity contribution in [3.63, 3.8) is 0 Å². The monoisotopic (exact) mass is 406 g/mol. The molecule has 1 aliphatic rings. The smallest absolute Gasteiger partial charge is 0.283 e. The van der Waals surface area contributed by atoms with E-state index in [2.05, 4.69) is 5.32 Å². The fourth-order valence-electron chi connectivity index (χ4n) is 2.84. The normalized spacial score (nSPS) is 14.0. The highest BCUT2D eigenvalue weighted by molar-refractivity contribution is 8.04. The molecular formula is C22H15ClN2O2S. The number of hydrogen-bond donors (Lipinski definition) is 1. The molecule has 0 radical (unpaired) electrons. The summed E-state index contributed by atoms with van der Waals surface area (Å²) in [6, 6.07) is 25.6. The molecular weight excluding hydrogens is 392 g/mol. The standard InChI is InChI=1S/C22H15ClN2O2S/c23-17-13-7-8-14-18(17)25-21(26)19(24-15-9-3-1-4-10-15)20(22(25)27)28-16-11-5-2-6-12-16/h1-14,24H. The molecule has 0 bridgehead atoms. The molecule has 0 fully saturated rings. The number of amides is 2. The summed E-state index contributed by atoms with van der Waals surface area (Å²) in [6.45, 7) is 0. The number of anilines is 2. The number of thioether (sulfide) groups is 1. The summed E-state index contributed by atoms with van der Waals surface area (Å²) in [5, 5.41) is 3.46. The van der Waals surface area contributed by atoms with Gasteiger partial charge in [0.1, 0.15) is 10.6 Å². The minimum Gasteiger partial charge on any atom is -0.350 e. The number of halogens is 1. The number of para-hydroxylation sites is 2. The van der Waals surface area contributed by atoms with Gasteiger partial charge in [0.2, 0.25) is 0 Å². The number of carbonyl (C=O) groups excluding carboxylic acids is 2. The van der Waals surface area contributed by atoms with Gasteiger partial charge in [-0.25, -0.2) is 4.90 Å². The second-order valence-corrected chi connectivity index (χ2v) is 7.50. The van der Waals surface area contributed by atoms with Gasteiger partial charge in [0.15, 0.2) is 0 Å². The van der Waals surface area contributed by atoms with E-state index in [1.807, 2.05) is 60.7 Å². The molecule has 2 amide bonds. The second-order valence-electron chi connectivity index (χ2n) is 6.01. The van der Waals surface area contributed by atoms with Crippen molar-refractivity contribution in [2.45, 2.75) is 4.90 Å². The van der Waals surface area contributed by atoms with Crippen molar-refractivity contribution in [1.82, 2.24) is 0 Å². The first kappa shape index (κ1) is 18.3. The lowest BCUT2D eigenvalue weighted by atomic mass is 10.3. The molecule has 0 aliphatic carbocycles. The summed E-state index contributed by atoms with van der Waals surface area (Å²) in [4.78, 5) is 28.7. The summed E-state index contributed by atoms with van der Waals surface area (Å²) in [7, 11) is 0. The van der Waals surface area contributed by atoms with E-state index in [-0.39, 0.29) is 5.70 Å². The third-order valence-electron chi connectivity index (χ3n) is 4.14. The Kier molecular flexibility index (Phi) is 5.19. The van der Waals surface area contributed by atoms with E-state index in [0.717, 1.165) is 15.5 Å². The molecule has 4 nitrogen and oxygen atoms in total. The Morgan fingerprint density at radius 1 is 0.750 bits per heavy atom. The number of benzene rings is 3. The maximum atomic E-state index is 13.2. The number of carbonyl (C=O) groups is 2. The largest absolute Gasteiger partial charge is 0.350 e. The van der Waals surface area contributed by atoms with Crippen LogP contribution in [0.3, 0.4) is 0 Å². The highest BCUT2D eigenvalue weighted by Crippen LogP contribution is 2.39. The molecule has 0 saturated heterocycles. The number of rotatable bonds is 5. The lowest BCUT2D eigenvalue weighted by Gasteiger charge is -2.16. The Hall–Kier alpha value is -3.02. The fraction of sp³-hybridized carbons (Fsp3) is 0. The lowest BCUT2D eigenvalue weighted by molar-refractivity contribution is -0.120. The van der Waals surface area contributed by atoms with Crippen molar-refractivity contribution in [3.8, 4) is 0 Å². The third-order valence-corrected chi connectivity index (χ3v) is 5.55. The third kappa shape index (κ3) is 3.54. The first-order valence-corrected chi connectivity index (χ1v) is 9.77. The van der Waals surface area contributed by atoms with E-state index in [9.17, 15) is 9.59 Å². The van der Waals surface area contributed by atoms with Gasteiger partial charge < -0.3 is 5.32 Å². The molecule has 0 aromatic heterocycles. The zero-order valence-corrected chi connectivity index (χ0v) is 16.2. The molecule has 0 saturated carbocycles. The van der Waals surface area contributed by atoms with Crippen molar-refractivity contribution in [2.75, 3.05) is 10.2 Å². The summed E-state index contributed by atoms with van der Waals surface area (Å²) < 4.78 is 0. The van der Waals surface area contributed by atoms with E-state index in [4.69, 9.17) is 11.6 Å². The summed E-state index contributed by atoms with van der Waals surface area (Å²) >= 11 is 7.52. The van der Waals surface area contributed by atoms with Crippen LogP contribution in [-0.4, -0.2) is 11.8 Å². The van der Waals surface area contributed by atoms with Crippen molar-refractivity contribution in [1.29, 1.82) is 0 Å². The topological polar surface area (TPSA) is 49.4 Å². The first-order chi connectivity index (χ1) is 13.6. The number of imide groups is 1. The van der Waals surface area contributed by atoms with E-state index in [1.54, 1.807) is 24.3 Å². The van der Waals surface area contributed by atoms with Crippen LogP contribution in [0.25, 0.3) is 0 Å². The van der Waals surface area contributed by atoms with Crippen LogP contribution in [0.4, 0.5) is 11.4 Å². The minimum absolute atomic E-state index is 0.241. The highest BCUT2D eigenvalue weighted by atomic mass is 35.5. The zero-order chi connectivity index (χ0) is 19.5. The van der Waals surface area contributed by atoms with Gasteiger partial charge >= 0.3 is 0 Å². The van der Waals surface area contributed by atoms with Crippen LogP contribution in [0.2, 0.25) is 5.02 Å². The molecule has 0 spiro atoms. The maximum absolute atomic E-state index is 13.2. The average molecular weight is 407 g/mol. The van der Waals surface area contributed by atoms with Crippen molar-refractivity contribution in [2.24, 2.45) is 0 Å². The quantitative estimate of drug-likeness (QED) is 0.582. The Labute approximate surface area is 171 Å². The van der Waals surface area contributed by atoms with Crippen LogP contribution in [0.5, 0.6) is 0 Å². The van der Waals surface area contributed by atoms with Gasteiger partial charge in [-0.05, 0) is 36.4 Å². The SMILES string of the molecule is O=C1C(Nc2ccccc2)=C(Sc2ccccc2)C(=O)N1c1ccccc1Cl. The van der Waals surface area contributed by atoms with Gasteiger partial charge in [-0.15, -0.1) is 0 Å². The molecule has 1 N–H and O–H groups in total. The molecule has 1 heterocycles. The van der Waals surface area contributed by atoms with Gasteiger partial charge in [0.05, 0.1) is 10.7 Å².